The molecular formula is C23H20N2O3. The van der Waals surface area contributed by atoms with Gasteiger partial charge >= 0.3 is 0 Å². The highest BCUT2D eigenvalue weighted by Gasteiger charge is 2.26. The molecule has 2 N–H and O–H groups in total. The first-order valence-electron chi connectivity index (χ1n) is 9.04. The number of aliphatic hydroxyl groups excluding tert-OH is 1. The topological polar surface area (TPSA) is 75.4 Å². The van der Waals surface area contributed by atoms with Crippen LogP contribution in [0.4, 0.5) is 5.69 Å². The molecule has 5 nitrogen and oxygen atoms in total. The maximum absolute atomic E-state index is 12.8. The number of anilines is 1. The first-order valence-corrected chi connectivity index (χ1v) is 9.04. The first-order chi connectivity index (χ1) is 13.5. The van der Waals surface area contributed by atoms with Gasteiger partial charge in [0.25, 0.3) is 5.91 Å². The van der Waals surface area contributed by atoms with E-state index in [1.165, 1.54) is 0 Å². The average Bonchev–Trinajstić information content (AvgIpc) is 3.07. The number of rotatable bonds is 4. The SMILES string of the molecule is Cc1cc(C)c2c(NC(=O)c3ccccc3)c(C(O)c3ccccc3)oc2n1. The average molecular weight is 372 g/mol. The molecule has 140 valence electrons. The lowest BCUT2D eigenvalue weighted by molar-refractivity contribution is 0.102. The molecule has 2 aromatic carbocycles. The van der Waals surface area contributed by atoms with Crippen molar-refractivity contribution in [2.45, 2.75) is 20.0 Å². The van der Waals surface area contributed by atoms with Crippen LogP contribution in [0.2, 0.25) is 0 Å². The van der Waals surface area contributed by atoms with Crippen LogP contribution in [0.25, 0.3) is 11.1 Å². The van der Waals surface area contributed by atoms with Crippen molar-refractivity contribution in [2.24, 2.45) is 0 Å². The van der Waals surface area contributed by atoms with Gasteiger partial charge < -0.3 is 14.8 Å². The number of aryl methyl sites for hydroxylation is 2. The molecule has 0 aliphatic carbocycles. The molecule has 1 amide bonds. The van der Waals surface area contributed by atoms with Crippen molar-refractivity contribution < 1.29 is 14.3 Å². The lowest BCUT2D eigenvalue weighted by Gasteiger charge is -2.12. The molecule has 28 heavy (non-hydrogen) atoms. The van der Waals surface area contributed by atoms with Gasteiger partial charge in [-0.3, -0.25) is 4.79 Å². The zero-order valence-electron chi connectivity index (χ0n) is 15.6. The second-order valence-electron chi connectivity index (χ2n) is 6.74. The Kier molecular flexibility index (Phi) is 4.67. The molecule has 4 aromatic rings. The number of furan rings is 1. The number of aromatic nitrogens is 1. The minimum atomic E-state index is -1.03. The van der Waals surface area contributed by atoms with E-state index < -0.39 is 6.10 Å². The number of aliphatic hydroxyl groups is 1. The fourth-order valence-electron chi connectivity index (χ4n) is 3.34. The summed E-state index contributed by atoms with van der Waals surface area (Å²) in [4.78, 5) is 17.2. The Morgan fingerprint density at radius 1 is 1.04 bits per heavy atom. The number of hydrogen-bond donors (Lipinski definition) is 2. The minimum Gasteiger partial charge on any atom is -0.437 e. The van der Waals surface area contributed by atoms with Crippen LogP contribution in [0.3, 0.4) is 0 Å². The van der Waals surface area contributed by atoms with Gasteiger partial charge in [-0.25, -0.2) is 4.98 Å². The molecule has 2 aromatic heterocycles. The predicted molar refractivity (Wildman–Crippen MR) is 108 cm³/mol. The van der Waals surface area contributed by atoms with Crippen LogP contribution >= 0.6 is 0 Å². The lowest BCUT2D eigenvalue weighted by atomic mass is 10.0. The molecule has 0 spiro atoms. The van der Waals surface area contributed by atoms with Gasteiger partial charge in [0.2, 0.25) is 5.71 Å². The molecule has 0 aliphatic rings. The third kappa shape index (κ3) is 3.28. The predicted octanol–water partition coefficient (Wildman–Crippen LogP) is 4.78. The molecule has 4 rings (SSSR count). The van der Waals surface area contributed by atoms with Crippen molar-refractivity contribution in [2.75, 3.05) is 5.32 Å². The molecule has 0 radical (unpaired) electrons. The van der Waals surface area contributed by atoms with E-state index in [9.17, 15) is 9.90 Å². The van der Waals surface area contributed by atoms with Crippen molar-refractivity contribution in [3.63, 3.8) is 0 Å². The molecule has 1 atom stereocenters. The zero-order chi connectivity index (χ0) is 19.7. The van der Waals surface area contributed by atoms with Crippen LogP contribution in [0.1, 0.15) is 39.0 Å². The number of pyridine rings is 1. The number of hydrogen-bond acceptors (Lipinski definition) is 4. The van der Waals surface area contributed by atoms with Gasteiger partial charge in [0.1, 0.15) is 6.10 Å². The molecule has 2 heterocycles. The fraction of sp³-hybridized carbons (Fsp3) is 0.130. The lowest BCUT2D eigenvalue weighted by Crippen LogP contribution is -2.14. The monoisotopic (exact) mass is 372 g/mol. The Morgan fingerprint density at radius 2 is 1.68 bits per heavy atom. The van der Waals surface area contributed by atoms with Crippen molar-refractivity contribution in [1.82, 2.24) is 4.98 Å². The summed E-state index contributed by atoms with van der Waals surface area (Å²) in [7, 11) is 0. The van der Waals surface area contributed by atoms with E-state index in [-0.39, 0.29) is 11.7 Å². The maximum atomic E-state index is 12.8. The van der Waals surface area contributed by atoms with Crippen LogP contribution in [0, 0.1) is 13.8 Å². The summed E-state index contributed by atoms with van der Waals surface area (Å²) in [6.45, 7) is 3.81. The fourth-order valence-corrected chi connectivity index (χ4v) is 3.34. The molecule has 0 fully saturated rings. The number of nitrogens with zero attached hydrogens (tertiary/aromatic N) is 1. The molecule has 1 unspecified atom stereocenters. The highest BCUT2D eigenvalue weighted by molar-refractivity contribution is 6.09. The van der Waals surface area contributed by atoms with Crippen LogP contribution < -0.4 is 5.32 Å². The van der Waals surface area contributed by atoms with E-state index in [1.54, 1.807) is 24.3 Å². The highest BCUT2D eigenvalue weighted by Crippen LogP contribution is 2.38. The Bertz CT molecular complexity index is 1130. The first kappa shape index (κ1) is 17.9. The second kappa shape index (κ2) is 7.29. The number of benzene rings is 2. The van der Waals surface area contributed by atoms with E-state index in [1.807, 2.05) is 56.3 Å². The summed E-state index contributed by atoms with van der Waals surface area (Å²) < 4.78 is 5.94. The molecule has 0 saturated carbocycles. The number of fused-ring (bicyclic) bond motifs is 1. The van der Waals surface area contributed by atoms with Gasteiger partial charge in [0.15, 0.2) is 5.76 Å². The number of amides is 1. The summed E-state index contributed by atoms with van der Waals surface area (Å²) in [5.41, 5.74) is 3.76. The van der Waals surface area contributed by atoms with Crippen molar-refractivity contribution >= 4 is 22.7 Å². The Morgan fingerprint density at radius 3 is 2.36 bits per heavy atom. The van der Waals surface area contributed by atoms with Gasteiger partial charge in [-0.1, -0.05) is 48.5 Å². The van der Waals surface area contributed by atoms with Crippen LogP contribution in [0.15, 0.2) is 71.1 Å². The maximum Gasteiger partial charge on any atom is 0.255 e. The summed E-state index contributed by atoms with van der Waals surface area (Å²) in [6, 6.07) is 20.0. The van der Waals surface area contributed by atoms with Crippen molar-refractivity contribution in [3.05, 3.63) is 94.9 Å². The summed E-state index contributed by atoms with van der Waals surface area (Å²) in [5.74, 6) is -0.00327. The standard InChI is InChI=1S/C23H20N2O3/c1-14-13-15(2)24-23-18(14)19(25-22(27)17-11-7-4-8-12-17)21(28-23)20(26)16-9-5-3-6-10-16/h3-13,20,26H,1-2H3,(H,25,27). The highest BCUT2D eigenvalue weighted by atomic mass is 16.4. The smallest absolute Gasteiger partial charge is 0.255 e. The molecule has 5 heteroatoms. The van der Waals surface area contributed by atoms with Crippen LogP contribution in [-0.2, 0) is 0 Å². The van der Waals surface area contributed by atoms with Gasteiger partial charge in [0.05, 0.1) is 11.1 Å². The number of carbonyl (C=O) groups excluding carboxylic acids is 1. The molecule has 0 aliphatic heterocycles. The molecular weight excluding hydrogens is 352 g/mol. The Hall–Kier alpha value is -3.44. The van der Waals surface area contributed by atoms with E-state index >= 15 is 0 Å². The van der Waals surface area contributed by atoms with Gasteiger partial charge in [-0.15, -0.1) is 0 Å². The van der Waals surface area contributed by atoms with Crippen LogP contribution in [-0.4, -0.2) is 16.0 Å². The van der Waals surface area contributed by atoms with Gasteiger partial charge in [-0.05, 0) is 43.2 Å². The zero-order valence-corrected chi connectivity index (χ0v) is 15.6. The van der Waals surface area contributed by atoms with Gasteiger partial charge in [-0.2, -0.15) is 0 Å². The minimum absolute atomic E-state index is 0.270. The summed E-state index contributed by atoms with van der Waals surface area (Å²) in [6.07, 6.45) is -1.03. The summed E-state index contributed by atoms with van der Waals surface area (Å²) in [5, 5.41) is 14.6. The molecule has 0 saturated heterocycles. The Labute approximate surface area is 162 Å². The summed E-state index contributed by atoms with van der Waals surface area (Å²) >= 11 is 0. The van der Waals surface area contributed by atoms with E-state index in [0.29, 0.717) is 27.9 Å². The van der Waals surface area contributed by atoms with Crippen molar-refractivity contribution in [3.8, 4) is 0 Å². The molecule has 0 bridgehead atoms. The third-order valence-electron chi connectivity index (χ3n) is 4.65. The third-order valence-corrected chi connectivity index (χ3v) is 4.65. The van der Waals surface area contributed by atoms with Crippen molar-refractivity contribution in [1.29, 1.82) is 0 Å². The second-order valence-corrected chi connectivity index (χ2v) is 6.74. The van der Waals surface area contributed by atoms with E-state index in [4.69, 9.17) is 4.42 Å². The largest absolute Gasteiger partial charge is 0.437 e. The van der Waals surface area contributed by atoms with E-state index in [0.717, 1.165) is 11.3 Å². The Balaban J connectivity index is 1.86. The quantitative estimate of drug-likeness (QED) is 0.541. The van der Waals surface area contributed by atoms with Crippen LogP contribution in [0.5, 0.6) is 0 Å². The van der Waals surface area contributed by atoms with E-state index in [2.05, 4.69) is 10.3 Å². The number of carbonyl (C=O) groups is 1. The normalized spacial score (nSPS) is 12.1. The number of nitrogens with one attached hydrogen (secondary N) is 1. The van der Waals surface area contributed by atoms with Gasteiger partial charge in [0, 0.05) is 11.3 Å².